The van der Waals surface area contributed by atoms with Gasteiger partial charge in [0.1, 0.15) is 29.9 Å². The molecule has 0 radical (unpaired) electrons. The summed E-state index contributed by atoms with van der Waals surface area (Å²) in [7, 11) is 1.61. The van der Waals surface area contributed by atoms with E-state index >= 15 is 0 Å². The maximum Gasteiger partial charge on any atom is 0.267 e. The Labute approximate surface area is 221 Å². The molecule has 192 valence electrons. The van der Waals surface area contributed by atoms with Crippen LogP contribution in [0.15, 0.2) is 52.7 Å². The average molecular weight is 550 g/mol. The summed E-state index contributed by atoms with van der Waals surface area (Å²) >= 11 is 12.5. The second-order valence-electron chi connectivity index (χ2n) is 8.58. The van der Waals surface area contributed by atoms with Crippen molar-refractivity contribution in [1.29, 1.82) is 0 Å². The average Bonchev–Trinajstić information content (AvgIpc) is 2.84. The molecule has 2 atom stereocenters. The van der Waals surface area contributed by atoms with Crippen LogP contribution in [0, 0.1) is 17.5 Å². The number of carbonyl (C=O) groups excluding carboxylic acids is 2. The number of dihydropyridines is 1. The third kappa shape index (κ3) is 5.19. The van der Waals surface area contributed by atoms with Crippen LogP contribution in [0.1, 0.15) is 34.8 Å². The van der Waals surface area contributed by atoms with Gasteiger partial charge in [0.2, 0.25) is 5.71 Å². The lowest BCUT2D eigenvalue weighted by atomic mass is 9.91. The Bertz CT molecular complexity index is 1410. The molecule has 0 saturated carbocycles. The summed E-state index contributed by atoms with van der Waals surface area (Å²) in [6, 6.07) is 4.67. The predicted octanol–water partition coefficient (Wildman–Crippen LogP) is 3.01. The molecular weight excluding hydrogens is 528 g/mol. The van der Waals surface area contributed by atoms with E-state index in [0.717, 1.165) is 18.2 Å². The number of amides is 2. The molecule has 4 rings (SSSR count). The van der Waals surface area contributed by atoms with Gasteiger partial charge in [-0.05, 0) is 49.3 Å². The van der Waals surface area contributed by atoms with E-state index in [0.29, 0.717) is 22.6 Å². The van der Waals surface area contributed by atoms with E-state index in [1.165, 1.54) is 29.3 Å². The number of nitrogens with two attached hydrogens (primary N) is 1. The van der Waals surface area contributed by atoms with E-state index in [1.807, 2.05) is 0 Å². The smallest absolute Gasteiger partial charge is 0.267 e. The van der Waals surface area contributed by atoms with Crippen molar-refractivity contribution in [2.45, 2.75) is 24.8 Å². The molecule has 6 nitrogen and oxygen atoms in total. The highest BCUT2D eigenvalue weighted by Crippen LogP contribution is 2.33. The topological polar surface area (TPSA) is 89.7 Å². The molecule has 2 heterocycles. The summed E-state index contributed by atoms with van der Waals surface area (Å²) in [5.74, 6) is -3.31. The molecule has 2 aromatic carbocycles. The van der Waals surface area contributed by atoms with Gasteiger partial charge in [-0.15, -0.1) is 11.6 Å². The van der Waals surface area contributed by atoms with Crippen LogP contribution in [0.3, 0.4) is 0 Å². The fraction of sp³-hybridized carbons (Fsp3) is 0.231. The summed E-state index contributed by atoms with van der Waals surface area (Å²) in [5.41, 5.74) is 8.44. The number of hydrogen-bond acceptors (Lipinski definition) is 3. The Morgan fingerprint density at radius 1 is 1.14 bits per heavy atom. The summed E-state index contributed by atoms with van der Waals surface area (Å²) in [6.45, 7) is 1.88. The number of benzene rings is 2. The molecule has 2 aromatic rings. The standard InChI is InChI=1S/C26H21Cl2F3N4O2/c1-12-23(32)18(24(33-2)13-5-15(29)8-16(30)6-13)3-4-35(12)26(37)20-10-17(31)9-19(22(20)28)14-7-21(27)25(36)34-11-14/h5-12,21H,3-4,32H2,1-2H3/p+1/t12-,21?/m0/s1. The van der Waals surface area contributed by atoms with E-state index in [2.05, 4.69) is 9.98 Å². The van der Waals surface area contributed by atoms with Crippen molar-refractivity contribution in [2.75, 3.05) is 13.6 Å². The Kier molecular flexibility index (Phi) is 7.57. The van der Waals surface area contributed by atoms with Crippen LogP contribution in [0.5, 0.6) is 0 Å². The van der Waals surface area contributed by atoms with E-state index in [1.54, 1.807) is 14.0 Å². The fourth-order valence-electron chi connectivity index (χ4n) is 4.45. The van der Waals surface area contributed by atoms with Gasteiger partial charge in [0.25, 0.3) is 11.8 Å². The Hall–Kier alpha value is -3.43. The number of halogens is 5. The lowest BCUT2D eigenvalue weighted by Gasteiger charge is -2.35. The van der Waals surface area contributed by atoms with Crippen molar-refractivity contribution >= 4 is 52.5 Å². The number of nitrogens with one attached hydrogen (secondary N) is 1. The first-order chi connectivity index (χ1) is 17.5. The van der Waals surface area contributed by atoms with Crippen molar-refractivity contribution in [3.63, 3.8) is 0 Å². The molecule has 0 aliphatic carbocycles. The molecule has 3 N–H and O–H groups in total. The van der Waals surface area contributed by atoms with E-state index in [-0.39, 0.29) is 34.7 Å². The molecule has 0 spiro atoms. The van der Waals surface area contributed by atoms with Gasteiger partial charge >= 0.3 is 0 Å². The fourth-order valence-corrected chi connectivity index (χ4v) is 4.94. The van der Waals surface area contributed by atoms with Crippen LogP contribution in [-0.2, 0) is 4.79 Å². The number of carbonyl (C=O) groups is 2. The Morgan fingerprint density at radius 2 is 1.78 bits per heavy atom. The normalized spacial score (nSPS) is 20.4. The second-order valence-corrected chi connectivity index (χ2v) is 9.42. The molecule has 2 aliphatic rings. The van der Waals surface area contributed by atoms with Crippen molar-refractivity contribution in [1.82, 2.24) is 4.90 Å². The van der Waals surface area contributed by atoms with Crippen LogP contribution in [0.4, 0.5) is 13.2 Å². The number of allylic oxidation sites excluding steroid dienone is 1. The first kappa shape index (κ1) is 26.6. The van der Waals surface area contributed by atoms with Gasteiger partial charge in [-0.3, -0.25) is 9.59 Å². The summed E-state index contributed by atoms with van der Waals surface area (Å²) in [5, 5.41) is -1.06. The zero-order valence-corrected chi connectivity index (χ0v) is 21.3. The summed E-state index contributed by atoms with van der Waals surface area (Å²) in [6.07, 6.45) is 2.87. The van der Waals surface area contributed by atoms with Crippen LogP contribution in [0.2, 0.25) is 5.02 Å². The number of alkyl halides is 1. The zero-order chi connectivity index (χ0) is 27.0. The van der Waals surface area contributed by atoms with Crippen LogP contribution in [0.25, 0.3) is 5.57 Å². The van der Waals surface area contributed by atoms with Gasteiger partial charge in [0.15, 0.2) is 0 Å². The lowest BCUT2D eigenvalue weighted by Crippen LogP contribution is -2.69. The SMILES string of the molecule is C[NH+]=C(C1=C(N)[C@H](C)N(C(=O)c2cc(F)cc(C3=CC(Cl)C(=O)N=C3)c2Cl)CC1)c1cc(F)cc(F)c1. The van der Waals surface area contributed by atoms with Crippen LogP contribution >= 0.6 is 23.2 Å². The van der Waals surface area contributed by atoms with Crippen molar-refractivity contribution in [3.05, 3.63) is 86.8 Å². The molecule has 2 amide bonds. The molecule has 11 heteroatoms. The number of hydrogen-bond donors (Lipinski definition) is 2. The van der Waals surface area contributed by atoms with Gasteiger partial charge in [0, 0.05) is 35.7 Å². The lowest BCUT2D eigenvalue weighted by molar-refractivity contribution is -0.418. The molecule has 0 fully saturated rings. The summed E-state index contributed by atoms with van der Waals surface area (Å²) in [4.78, 5) is 33.2. The highest BCUT2D eigenvalue weighted by molar-refractivity contribution is 6.39. The first-order valence-corrected chi connectivity index (χ1v) is 12.1. The number of nitrogens with zero attached hydrogens (tertiary/aromatic N) is 2. The quantitative estimate of drug-likeness (QED) is 0.453. The van der Waals surface area contributed by atoms with Crippen molar-refractivity contribution in [3.8, 4) is 0 Å². The Balaban J connectivity index is 1.68. The minimum Gasteiger partial charge on any atom is -0.400 e. The third-order valence-corrected chi connectivity index (χ3v) is 7.02. The molecule has 2 aliphatic heterocycles. The minimum atomic E-state index is -1.03. The molecule has 0 saturated heterocycles. The van der Waals surface area contributed by atoms with E-state index in [9.17, 15) is 22.8 Å². The monoisotopic (exact) mass is 549 g/mol. The van der Waals surface area contributed by atoms with E-state index in [4.69, 9.17) is 28.9 Å². The van der Waals surface area contributed by atoms with Gasteiger partial charge in [-0.1, -0.05) is 11.6 Å². The maximum atomic E-state index is 14.6. The van der Waals surface area contributed by atoms with Crippen molar-refractivity contribution < 1.29 is 27.8 Å². The largest absolute Gasteiger partial charge is 0.400 e. The molecule has 37 heavy (non-hydrogen) atoms. The molecule has 0 aromatic heterocycles. The van der Waals surface area contributed by atoms with Crippen molar-refractivity contribution in [2.24, 2.45) is 10.7 Å². The first-order valence-electron chi connectivity index (χ1n) is 11.3. The summed E-state index contributed by atoms with van der Waals surface area (Å²) < 4.78 is 42.3. The van der Waals surface area contributed by atoms with Gasteiger partial charge in [-0.25, -0.2) is 23.2 Å². The van der Waals surface area contributed by atoms with Crippen LogP contribution < -0.4 is 10.7 Å². The van der Waals surface area contributed by atoms with Gasteiger partial charge in [0.05, 0.1) is 22.2 Å². The second kappa shape index (κ2) is 10.5. The zero-order valence-electron chi connectivity index (χ0n) is 19.8. The highest BCUT2D eigenvalue weighted by Gasteiger charge is 2.34. The highest BCUT2D eigenvalue weighted by atomic mass is 35.5. The number of aliphatic imine (C=N–C) groups is 1. The molecule has 1 unspecified atom stereocenters. The van der Waals surface area contributed by atoms with Crippen LogP contribution in [-0.4, -0.2) is 53.7 Å². The Morgan fingerprint density at radius 3 is 2.41 bits per heavy atom. The molecular formula is C26H22Cl2F3N4O2+. The number of rotatable bonds is 4. The maximum absolute atomic E-state index is 14.6. The molecule has 0 bridgehead atoms. The predicted molar refractivity (Wildman–Crippen MR) is 136 cm³/mol. The van der Waals surface area contributed by atoms with E-state index < -0.39 is 40.7 Å². The minimum absolute atomic E-state index is 0.0272. The van der Waals surface area contributed by atoms with Gasteiger partial charge < -0.3 is 10.6 Å². The third-order valence-electron chi connectivity index (χ3n) is 6.30. The van der Waals surface area contributed by atoms with Gasteiger partial charge in [-0.2, -0.15) is 0 Å².